The summed E-state index contributed by atoms with van der Waals surface area (Å²) in [5, 5.41) is 5.33. The number of nitrogens with one attached hydrogen (secondary N) is 2. The molecule has 0 aromatic heterocycles. The third kappa shape index (κ3) is 3.97. The zero-order valence-corrected chi connectivity index (χ0v) is 18.7. The Morgan fingerprint density at radius 3 is 2.49 bits per heavy atom. The van der Waals surface area contributed by atoms with Gasteiger partial charge in [-0.2, -0.15) is 0 Å². The highest BCUT2D eigenvalue weighted by atomic mass is 16.7. The lowest BCUT2D eigenvalue weighted by atomic mass is 9.91. The molecule has 2 N–H and O–H groups in total. The molecule has 0 bridgehead atoms. The predicted octanol–water partition coefficient (Wildman–Crippen LogP) is 3.05. The van der Waals surface area contributed by atoms with Crippen LogP contribution < -0.4 is 20.1 Å². The first-order valence-corrected chi connectivity index (χ1v) is 10.9. The Bertz CT molecular complexity index is 1360. The second-order valence-corrected chi connectivity index (χ2v) is 8.30. The average molecular weight is 471 g/mol. The van der Waals surface area contributed by atoms with Gasteiger partial charge < -0.3 is 20.1 Å². The van der Waals surface area contributed by atoms with Gasteiger partial charge in [-0.3, -0.25) is 19.3 Å². The lowest BCUT2D eigenvalue weighted by Gasteiger charge is -2.22. The summed E-state index contributed by atoms with van der Waals surface area (Å²) < 4.78 is 10.7. The number of fused-ring (bicyclic) bond motifs is 1. The standard InChI is InChI=1S/C26H21N3O6/c1-26(17-11-12-20-21(13-17)35-15-34-20)24(32)29(25(33)28-26)14-22(30)27-19-10-6-5-9-18(19)23(31)16-7-3-2-4-8-16/h2-13H,14-15H2,1H3,(H,27,30)(H,28,33). The molecular formula is C26H21N3O6. The van der Waals surface area contributed by atoms with Gasteiger partial charge in [-0.25, -0.2) is 4.79 Å². The number of ketones is 1. The highest BCUT2D eigenvalue weighted by molar-refractivity contribution is 6.15. The van der Waals surface area contributed by atoms with E-state index in [-0.39, 0.29) is 18.3 Å². The lowest BCUT2D eigenvalue weighted by molar-refractivity contribution is -0.133. The number of para-hydroxylation sites is 1. The van der Waals surface area contributed by atoms with E-state index >= 15 is 0 Å². The van der Waals surface area contributed by atoms with Crippen LogP contribution in [0.15, 0.2) is 72.8 Å². The maximum absolute atomic E-state index is 13.2. The second-order valence-electron chi connectivity index (χ2n) is 8.30. The van der Waals surface area contributed by atoms with Crippen LogP contribution in [0.3, 0.4) is 0 Å². The predicted molar refractivity (Wildman–Crippen MR) is 125 cm³/mol. The summed E-state index contributed by atoms with van der Waals surface area (Å²) in [5.41, 5.74) is 0.190. The van der Waals surface area contributed by atoms with Crippen molar-refractivity contribution >= 4 is 29.3 Å². The number of hydrogen-bond acceptors (Lipinski definition) is 6. The van der Waals surface area contributed by atoms with Crippen LogP contribution in [0.1, 0.15) is 28.4 Å². The first-order chi connectivity index (χ1) is 16.9. The molecule has 3 aromatic rings. The lowest BCUT2D eigenvalue weighted by Crippen LogP contribution is -2.42. The fourth-order valence-electron chi connectivity index (χ4n) is 4.11. The van der Waals surface area contributed by atoms with Crippen LogP contribution in [0, 0.1) is 0 Å². The van der Waals surface area contributed by atoms with Crippen molar-refractivity contribution < 1.29 is 28.7 Å². The molecule has 35 heavy (non-hydrogen) atoms. The largest absolute Gasteiger partial charge is 0.454 e. The first-order valence-electron chi connectivity index (χ1n) is 10.9. The number of urea groups is 1. The van der Waals surface area contributed by atoms with E-state index in [0.29, 0.717) is 28.2 Å². The number of anilines is 1. The zero-order valence-electron chi connectivity index (χ0n) is 18.7. The molecule has 2 heterocycles. The summed E-state index contributed by atoms with van der Waals surface area (Å²) in [7, 11) is 0. The van der Waals surface area contributed by atoms with Crippen molar-refractivity contribution in [2.45, 2.75) is 12.5 Å². The Kier molecular flexibility index (Phi) is 5.44. The Morgan fingerprint density at radius 1 is 0.971 bits per heavy atom. The van der Waals surface area contributed by atoms with E-state index in [1.165, 1.54) is 0 Å². The number of imide groups is 1. The van der Waals surface area contributed by atoms with E-state index in [1.807, 2.05) is 0 Å². The fourth-order valence-corrected chi connectivity index (χ4v) is 4.11. The van der Waals surface area contributed by atoms with Crippen molar-refractivity contribution in [1.82, 2.24) is 10.2 Å². The highest BCUT2D eigenvalue weighted by Gasteiger charge is 2.50. The van der Waals surface area contributed by atoms with Crippen molar-refractivity contribution in [2.24, 2.45) is 0 Å². The summed E-state index contributed by atoms with van der Waals surface area (Å²) in [5.74, 6) is -0.426. The molecule has 5 rings (SSSR count). The number of rotatable bonds is 6. The van der Waals surface area contributed by atoms with Crippen LogP contribution in [-0.2, 0) is 15.1 Å². The maximum atomic E-state index is 13.2. The fraction of sp³-hybridized carbons (Fsp3) is 0.154. The molecule has 0 radical (unpaired) electrons. The Hall–Kier alpha value is -4.66. The number of hydrogen-bond donors (Lipinski definition) is 2. The van der Waals surface area contributed by atoms with Gasteiger partial charge in [-0.1, -0.05) is 48.5 Å². The molecule has 0 saturated carbocycles. The molecule has 0 aliphatic carbocycles. The molecule has 3 aromatic carbocycles. The Labute approximate surface area is 200 Å². The normalized spacial score (nSPS) is 18.4. The van der Waals surface area contributed by atoms with Crippen molar-refractivity contribution in [3.05, 3.63) is 89.5 Å². The monoisotopic (exact) mass is 471 g/mol. The maximum Gasteiger partial charge on any atom is 0.325 e. The molecule has 9 nitrogen and oxygen atoms in total. The SMILES string of the molecule is CC1(c2ccc3c(c2)OCO3)NC(=O)N(CC(=O)Nc2ccccc2C(=O)c2ccccc2)C1=O. The molecule has 2 aliphatic heterocycles. The van der Waals surface area contributed by atoms with Gasteiger partial charge in [0.15, 0.2) is 17.3 Å². The molecule has 0 spiro atoms. The van der Waals surface area contributed by atoms with Crippen molar-refractivity contribution in [3.8, 4) is 11.5 Å². The third-order valence-electron chi connectivity index (χ3n) is 6.01. The summed E-state index contributed by atoms with van der Waals surface area (Å²) in [6, 6.07) is 19.5. The number of benzene rings is 3. The molecule has 176 valence electrons. The molecule has 1 atom stereocenters. The first kappa shape index (κ1) is 22.1. The van der Waals surface area contributed by atoms with Crippen LogP contribution in [0.4, 0.5) is 10.5 Å². The molecule has 2 aliphatic rings. The van der Waals surface area contributed by atoms with Crippen LogP contribution in [0.25, 0.3) is 0 Å². The third-order valence-corrected chi connectivity index (χ3v) is 6.01. The Balaban J connectivity index is 1.33. The quantitative estimate of drug-likeness (QED) is 0.422. The summed E-state index contributed by atoms with van der Waals surface area (Å²) in [6.07, 6.45) is 0. The minimum Gasteiger partial charge on any atom is -0.454 e. The molecule has 1 unspecified atom stereocenters. The van der Waals surface area contributed by atoms with Gasteiger partial charge in [0.05, 0.1) is 5.69 Å². The summed E-state index contributed by atoms with van der Waals surface area (Å²) >= 11 is 0. The van der Waals surface area contributed by atoms with Gasteiger partial charge in [0.25, 0.3) is 5.91 Å². The van der Waals surface area contributed by atoms with E-state index in [4.69, 9.17) is 9.47 Å². The van der Waals surface area contributed by atoms with E-state index in [0.717, 1.165) is 4.90 Å². The van der Waals surface area contributed by atoms with Crippen molar-refractivity contribution in [2.75, 3.05) is 18.7 Å². The number of nitrogens with zero attached hydrogens (tertiary/aromatic N) is 1. The zero-order chi connectivity index (χ0) is 24.6. The number of amides is 4. The molecular weight excluding hydrogens is 450 g/mol. The van der Waals surface area contributed by atoms with E-state index in [2.05, 4.69) is 10.6 Å². The molecule has 4 amide bonds. The van der Waals surface area contributed by atoms with Crippen LogP contribution in [-0.4, -0.2) is 41.9 Å². The van der Waals surface area contributed by atoms with Gasteiger partial charge in [0, 0.05) is 11.1 Å². The van der Waals surface area contributed by atoms with E-state index in [9.17, 15) is 19.2 Å². The average Bonchev–Trinajstić information content (AvgIpc) is 3.43. The minimum atomic E-state index is -1.38. The van der Waals surface area contributed by atoms with Crippen LogP contribution in [0.5, 0.6) is 11.5 Å². The van der Waals surface area contributed by atoms with Gasteiger partial charge in [0.1, 0.15) is 12.1 Å². The molecule has 9 heteroatoms. The minimum absolute atomic E-state index is 0.0797. The number of carbonyl (C=O) groups is 4. The van der Waals surface area contributed by atoms with Crippen LogP contribution in [0.2, 0.25) is 0 Å². The van der Waals surface area contributed by atoms with Gasteiger partial charge in [-0.05, 0) is 36.8 Å². The summed E-state index contributed by atoms with van der Waals surface area (Å²) in [4.78, 5) is 52.5. The number of carbonyl (C=O) groups excluding carboxylic acids is 4. The van der Waals surface area contributed by atoms with E-state index < -0.39 is 29.9 Å². The molecule has 1 saturated heterocycles. The number of ether oxygens (including phenoxy) is 2. The second kappa shape index (κ2) is 8.60. The van der Waals surface area contributed by atoms with E-state index in [1.54, 1.807) is 79.7 Å². The topological polar surface area (TPSA) is 114 Å². The van der Waals surface area contributed by atoms with Crippen molar-refractivity contribution in [1.29, 1.82) is 0 Å². The smallest absolute Gasteiger partial charge is 0.325 e. The molecule has 1 fully saturated rings. The Morgan fingerprint density at radius 2 is 1.69 bits per heavy atom. The van der Waals surface area contributed by atoms with Gasteiger partial charge in [-0.15, -0.1) is 0 Å². The highest BCUT2D eigenvalue weighted by Crippen LogP contribution is 2.37. The van der Waals surface area contributed by atoms with Crippen molar-refractivity contribution in [3.63, 3.8) is 0 Å². The van der Waals surface area contributed by atoms with Gasteiger partial charge in [0.2, 0.25) is 12.7 Å². The van der Waals surface area contributed by atoms with Crippen LogP contribution >= 0.6 is 0 Å². The summed E-state index contributed by atoms with van der Waals surface area (Å²) in [6.45, 7) is 1.13. The van der Waals surface area contributed by atoms with Gasteiger partial charge >= 0.3 is 6.03 Å².